The van der Waals surface area contributed by atoms with Gasteiger partial charge < -0.3 is 9.84 Å². The van der Waals surface area contributed by atoms with Crippen molar-refractivity contribution in [1.82, 2.24) is 15.5 Å². The predicted molar refractivity (Wildman–Crippen MR) is 96.2 cm³/mol. The van der Waals surface area contributed by atoms with Gasteiger partial charge in [0.25, 0.3) is 5.91 Å². The van der Waals surface area contributed by atoms with Crippen LogP contribution in [0, 0.1) is 0 Å². The fourth-order valence-electron chi connectivity index (χ4n) is 2.09. The van der Waals surface area contributed by atoms with E-state index in [2.05, 4.69) is 29.3 Å². The lowest BCUT2D eigenvalue weighted by Crippen LogP contribution is -2.23. The molecule has 124 valence electrons. The number of carbonyl (C=O) groups excluding carboxylic acids is 1. The molecule has 0 unspecified atom stereocenters. The van der Waals surface area contributed by atoms with Crippen LogP contribution < -0.4 is 5.32 Å². The van der Waals surface area contributed by atoms with Crippen molar-refractivity contribution in [1.29, 1.82) is 0 Å². The van der Waals surface area contributed by atoms with E-state index in [4.69, 9.17) is 4.52 Å². The summed E-state index contributed by atoms with van der Waals surface area (Å²) in [6, 6.07) is 11.4. The van der Waals surface area contributed by atoms with Gasteiger partial charge >= 0.3 is 0 Å². The quantitative estimate of drug-likeness (QED) is 0.667. The molecule has 3 rings (SSSR count). The van der Waals surface area contributed by atoms with E-state index >= 15 is 0 Å². The normalized spacial score (nSPS) is 11.0. The Hall–Kier alpha value is -2.12. The molecule has 0 aliphatic heterocycles. The lowest BCUT2D eigenvalue weighted by Gasteiger charge is -2.10. The molecule has 0 atom stereocenters. The summed E-state index contributed by atoms with van der Waals surface area (Å²) in [5.74, 6) is 0.792. The highest BCUT2D eigenvalue weighted by Gasteiger charge is 2.14. The van der Waals surface area contributed by atoms with Crippen molar-refractivity contribution in [2.75, 3.05) is 0 Å². The Morgan fingerprint density at radius 3 is 2.88 bits per heavy atom. The summed E-state index contributed by atoms with van der Waals surface area (Å²) in [5, 5.41) is 9.14. The van der Waals surface area contributed by atoms with Gasteiger partial charge in [-0.25, -0.2) is 0 Å². The Kier molecular flexibility index (Phi) is 5.32. The van der Waals surface area contributed by atoms with Gasteiger partial charge in [0, 0.05) is 10.1 Å². The fourth-order valence-corrected chi connectivity index (χ4v) is 3.70. The van der Waals surface area contributed by atoms with E-state index in [-0.39, 0.29) is 12.5 Å². The van der Waals surface area contributed by atoms with Gasteiger partial charge in [-0.3, -0.25) is 4.79 Å². The Bertz CT molecular complexity index is 813. The summed E-state index contributed by atoms with van der Waals surface area (Å²) in [5.41, 5.74) is 0.661. The number of thioether (sulfide) groups is 1. The molecule has 0 fully saturated rings. The van der Waals surface area contributed by atoms with Crippen molar-refractivity contribution in [2.24, 2.45) is 0 Å². The first kappa shape index (κ1) is 16.7. The zero-order chi connectivity index (χ0) is 16.9. The summed E-state index contributed by atoms with van der Waals surface area (Å²) in [4.78, 5) is 18.7. The maximum Gasteiger partial charge on any atom is 0.252 e. The monoisotopic (exact) mass is 359 g/mol. The lowest BCUT2D eigenvalue weighted by atomic mass is 10.2. The first-order valence-corrected chi connectivity index (χ1v) is 9.30. The second-order valence-corrected chi connectivity index (χ2v) is 7.90. The molecule has 1 N–H and O–H groups in total. The molecule has 0 bridgehead atoms. The predicted octanol–water partition coefficient (Wildman–Crippen LogP) is 4.23. The summed E-state index contributed by atoms with van der Waals surface area (Å²) in [7, 11) is 0. The number of aromatic nitrogens is 2. The molecule has 0 aliphatic rings. The van der Waals surface area contributed by atoms with Crippen LogP contribution in [0.5, 0.6) is 0 Å². The van der Waals surface area contributed by atoms with E-state index in [0.717, 1.165) is 9.77 Å². The van der Waals surface area contributed by atoms with Crippen LogP contribution in [0.1, 0.15) is 30.1 Å². The number of hydrogen-bond donors (Lipinski definition) is 1. The van der Waals surface area contributed by atoms with Crippen LogP contribution in [-0.2, 0) is 6.54 Å². The Morgan fingerprint density at radius 1 is 1.29 bits per heavy atom. The molecule has 0 saturated heterocycles. The molecular formula is C17H17N3O2S2. The van der Waals surface area contributed by atoms with E-state index in [0.29, 0.717) is 22.5 Å². The van der Waals surface area contributed by atoms with Crippen molar-refractivity contribution in [3.05, 3.63) is 53.2 Å². The number of benzene rings is 1. The third-order valence-corrected chi connectivity index (χ3v) is 5.05. The third-order valence-electron chi connectivity index (χ3n) is 3.10. The highest BCUT2D eigenvalue weighted by Crippen LogP contribution is 2.26. The average molecular weight is 359 g/mol. The van der Waals surface area contributed by atoms with Gasteiger partial charge in [0.05, 0.1) is 17.0 Å². The topological polar surface area (TPSA) is 68.0 Å². The van der Waals surface area contributed by atoms with Crippen molar-refractivity contribution in [2.45, 2.75) is 30.5 Å². The van der Waals surface area contributed by atoms with Crippen LogP contribution in [0.4, 0.5) is 0 Å². The number of thiophene rings is 1. The number of hydrogen-bond acceptors (Lipinski definition) is 6. The van der Waals surface area contributed by atoms with E-state index in [1.54, 1.807) is 23.1 Å². The standard InChI is InChI=1S/C17H17N3O2S2/c1-11(2)24-13-7-4-3-6-12(13)17(21)18-10-15-19-16(20-22-15)14-8-5-9-23-14/h3-9,11H,10H2,1-2H3,(H,18,21). The first-order valence-electron chi connectivity index (χ1n) is 7.54. The highest BCUT2D eigenvalue weighted by atomic mass is 32.2. The smallest absolute Gasteiger partial charge is 0.252 e. The van der Waals surface area contributed by atoms with Crippen molar-refractivity contribution < 1.29 is 9.32 Å². The van der Waals surface area contributed by atoms with Crippen LogP contribution in [0.25, 0.3) is 10.7 Å². The molecule has 1 amide bonds. The number of carbonyl (C=O) groups is 1. The molecule has 3 aromatic rings. The lowest BCUT2D eigenvalue weighted by molar-refractivity contribution is 0.0943. The summed E-state index contributed by atoms with van der Waals surface area (Å²) < 4.78 is 5.20. The molecule has 0 radical (unpaired) electrons. The van der Waals surface area contributed by atoms with Gasteiger partial charge in [0.2, 0.25) is 11.7 Å². The SMILES string of the molecule is CC(C)Sc1ccccc1C(=O)NCc1nc(-c2cccs2)no1. The van der Waals surface area contributed by atoms with Crippen LogP contribution in [0.2, 0.25) is 0 Å². The molecule has 0 saturated carbocycles. The van der Waals surface area contributed by atoms with Gasteiger partial charge in [-0.1, -0.05) is 37.2 Å². The van der Waals surface area contributed by atoms with Crippen molar-refractivity contribution in [3.63, 3.8) is 0 Å². The van der Waals surface area contributed by atoms with E-state index < -0.39 is 0 Å². The van der Waals surface area contributed by atoms with Crippen LogP contribution >= 0.6 is 23.1 Å². The van der Waals surface area contributed by atoms with Crippen LogP contribution in [-0.4, -0.2) is 21.3 Å². The minimum Gasteiger partial charge on any atom is -0.343 e. The molecule has 1 aromatic carbocycles. The summed E-state index contributed by atoms with van der Waals surface area (Å²) >= 11 is 3.21. The maximum atomic E-state index is 12.4. The van der Waals surface area contributed by atoms with Gasteiger partial charge in [-0.15, -0.1) is 23.1 Å². The molecular weight excluding hydrogens is 342 g/mol. The van der Waals surface area contributed by atoms with Crippen molar-refractivity contribution >= 4 is 29.0 Å². The van der Waals surface area contributed by atoms with Gasteiger partial charge in [0.15, 0.2) is 0 Å². The second kappa shape index (κ2) is 7.63. The minimum absolute atomic E-state index is 0.144. The van der Waals surface area contributed by atoms with E-state index in [1.807, 2.05) is 41.8 Å². The molecule has 7 heteroatoms. The van der Waals surface area contributed by atoms with E-state index in [1.165, 1.54) is 0 Å². The molecule has 2 aromatic heterocycles. The van der Waals surface area contributed by atoms with Crippen molar-refractivity contribution in [3.8, 4) is 10.7 Å². The fraction of sp³-hybridized carbons (Fsp3) is 0.235. The first-order chi connectivity index (χ1) is 11.6. The van der Waals surface area contributed by atoms with Gasteiger partial charge in [0.1, 0.15) is 0 Å². The van der Waals surface area contributed by atoms with Crippen LogP contribution in [0.15, 0.2) is 51.2 Å². The van der Waals surface area contributed by atoms with Gasteiger partial charge in [-0.2, -0.15) is 4.98 Å². The minimum atomic E-state index is -0.144. The van der Waals surface area contributed by atoms with Crippen LogP contribution in [0.3, 0.4) is 0 Å². The molecule has 5 nitrogen and oxygen atoms in total. The van der Waals surface area contributed by atoms with Gasteiger partial charge in [-0.05, 0) is 23.6 Å². The molecule has 24 heavy (non-hydrogen) atoms. The Morgan fingerprint density at radius 2 is 2.12 bits per heavy atom. The number of nitrogens with zero attached hydrogens (tertiary/aromatic N) is 2. The maximum absolute atomic E-state index is 12.4. The zero-order valence-corrected chi connectivity index (χ0v) is 15.0. The highest BCUT2D eigenvalue weighted by molar-refractivity contribution is 8.00. The molecule has 0 spiro atoms. The average Bonchev–Trinajstić information content (AvgIpc) is 3.24. The summed E-state index contributed by atoms with van der Waals surface area (Å²) in [6.07, 6.45) is 0. The summed E-state index contributed by atoms with van der Waals surface area (Å²) in [6.45, 7) is 4.41. The second-order valence-electron chi connectivity index (χ2n) is 5.33. The van der Waals surface area contributed by atoms with E-state index in [9.17, 15) is 4.79 Å². The number of nitrogens with one attached hydrogen (secondary N) is 1. The third kappa shape index (κ3) is 4.04. The zero-order valence-electron chi connectivity index (χ0n) is 13.4. The Labute approximate surface area is 148 Å². The number of amides is 1. The largest absolute Gasteiger partial charge is 0.343 e. The molecule has 2 heterocycles. The number of rotatable bonds is 6. The Balaban J connectivity index is 1.66. The molecule has 0 aliphatic carbocycles.